The highest BCUT2D eigenvalue weighted by atomic mass is 19.4. The molecular formula is C15H15F3N4O. The lowest BCUT2D eigenvalue weighted by atomic mass is 10.1. The minimum atomic E-state index is -4.54. The average molecular weight is 324 g/mol. The molecule has 0 aromatic heterocycles. The third-order valence-electron chi connectivity index (χ3n) is 3.00. The van der Waals surface area contributed by atoms with Crippen molar-refractivity contribution in [2.45, 2.75) is 13.1 Å². The monoisotopic (exact) mass is 324 g/mol. The van der Waals surface area contributed by atoms with E-state index in [0.717, 1.165) is 12.1 Å². The summed E-state index contributed by atoms with van der Waals surface area (Å²) in [4.78, 5) is 8.31. The van der Waals surface area contributed by atoms with Gasteiger partial charge in [-0.3, -0.25) is 4.99 Å². The summed E-state index contributed by atoms with van der Waals surface area (Å²) < 4.78 is 37.9. The number of nitrogens with zero attached hydrogens (tertiary/aromatic N) is 2. The second kappa shape index (κ2) is 6.15. The Hall–Kier alpha value is -2.77. The molecule has 0 aliphatic carbocycles. The van der Waals surface area contributed by atoms with E-state index in [-0.39, 0.29) is 17.9 Å². The fourth-order valence-corrected chi connectivity index (χ4v) is 1.92. The summed E-state index contributed by atoms with van der Waals surface area (Å²) in [5.74, 6) is -0.476. The first kappa shape index (κ1) is 16.6. The van der Waals surface area contributed by atoms with Crippen LogP contribution in [0.5, 0.6) is 5.75 Å². The van der Waals surface area contributed by atoms with Gasteiger partial charge in [-0.1, -0.05) is 0 Å². The summed E-state index contributed by atoms with van der Waals surface area (Å²) in [7, 11) is 0. The normalized spacial score (nSPS) is 16.3. The van der Waals surface area contributed by atoms with Crippen molar-refractivity contribution in [1.82, 2.24) is 0 Å². The predicted molar refractivity (Wildman–Crippen MR) is 82.2 cm³/mol. The van der Waals surface area contributed by atoms with E-state index in [0.29, 0.717) is 23.2 Å². The van der Waals surface area contributed by atoms with Crippen LogP contribution in [-0.4, -0.2) is 23.2 Å². The molecule has 0 unspecified atom stereocenters. The zero-order chi connectivity index (χ0) is 17.2. The number of aromatic hydroxyl groups is 1. The fourth-order valence-electron chi connectivity index (χ4n) is 1.92. The van der Waals surface area contributed by atoms with Crippen LogP contribution >= 0.6 is 0 Å². The van der Waals surface area contributed by atoms with E-state index in [9.17, 15) is 18.3 Å². The summed E-state index contributed by atoms with van der Waals surface area (Å²) in [6.07, 6.45) is -1.42. The van der Waals surface area contributed by atoms with Crippen molar-refractivity contribution >= 4 is 11.5 Å². The van der Waals surface area contributed by atoms with Crippen molar-refractivity contribution in [1.29, 1.82) is 0 Å². The van der Waals surface area contributed by atoms with Crippen molar-refractivity contribution in [3.05, 3.63) is 52.9 Å². The van der Waals surface area contributed by atoms with Gasteiger partial charge in [0.15, 0.2) is 5.84 Å². The van der Waals surface area contributed by atoms with Crippen LogP contribution in [0, 0.1) is 0 Å². The van der Waals surface area contributed by atoms with Gasteiger partial charge in [-0.05, 0) is 37.3 Å². The summed E-state index contributed by atoms with van der Waals surface area (Å²) >= 11 is 0. The molecule has 1 aromatic carbocycles. The first-order valence-electron chi connectivity index (χ1n) is 6.62. The number of phenolic OH excluding ortho intramolecular Hbond substituents is 1. The number of alkyl halides is 3. The molecule has 1 aliphatic heterocycles. The van der Waals surface area contributed by atoms with Crippen LogP contribution in [0.4, 0.5) is 13.2 Å². The first-order chi connectivity index (χ1) is 10.7. The van der Waals surface area contributed by atoms with Gasteiger partial charge in [0.1, 0.15) is 5.75 Å². The Kier molecular flexibility index (Phi) is 4.44. The first-order valence-corrected chi connectivity index (χ1v) is 6.62. The Bertz CT molecular complexity index is 742. The highest BCUT2D eigenvalue weighted by Crippen LogP contribution is 2.33. The van der Waals surface area contributed by atoms with E-state index in [1.165, 1.54) is 6.08 Å². The maximum atomic E-state index is 12.6. The molecule has 1 heterocycles. The maximum absolute atomic E-state index is 12.6. The number of halogens is 3. The molecule has 5 nitrogen and oxygen atoms in total. The van der Waals surface area contributed by atoms with Crippen LogP contribution < -0.4 is 11.5 Å². The van der Waals surface area contributed by atoms with Crippen molar-refractivity contribution < 1.29 is 18.3 Å². The number of nitrogens with two attached hydrogens (primary N) is 2. The molecule has 0 spiro atoms. The summed E-state index contributed by atoms with van der Waals surface area (Å²) in [6.45, 7) is 1.83. The third-order valence-corrected chi connectivity index (χ3v) is 3.00. The van der Waals surface area contributed by atoms with Crippen molar-refractivity contribution in [3.8, 4) is 5.75 Å². The smallest absolute Gasteiger partial charge is 0.416 e. The van der Waals surface area contributed by atoms with Gasteiger partial charge in [0, 0.05) is 5.70 Å². The van der Waals surface area contributed by atoms with Gasteiger partial charge in [0.25, 0.3) is 0 Å². The van der Waals surface area contributed by atoms with Crippen LogP contribution in [0.25, 0.3) is 0 Å². The minimum Gasteiger partial charge on any atom is -0.507 e. The molecule has 0 saturated heterocycles. The zero-order valence-corrected chi connectivity index (χ0v) is 12.2. The molecule has 2 rings (SSSR count). The molecular weight excluding hydrogens is 309 g/mol. The quantitative estimate of drug-likeness (QED) is 0.779. The van der Waals surface area contributed by atoms with E-state index in [4.69, 9.17) is 11.5 Å². The number of hydrogen-bond donors (Lipinski definition) is 3. The molecule has 122 valence electrons. The Morgan fingerprint density at radius 3 is 2.61 bits per heavy atom. The van der Waals surface area contributed by atoms with Crippen LogP contribution in [-0.2, 0) is 6.18 Å². The number of hydrogen-bond acceptors (Lipinski definition) is 5. The SMILES string of the molecule is C/C(N)=C/C1=NC(c2ccc(C(F)(F)F)cc2O)=NCC=C1N. The number of aliphatic imine (C=N–C) groups is 2. The molecule has 23 heavy (non-hydrogen) atoms. The van der Waals surface area contributed by atoms with Crippen molar-refractivity contribution in [2.24, 2.45) is 21.5 Å². The number of amidine groups is 1. The van der Waals surface area contributed by atoms with E-state index < -0.39 is 17.5 Å². The van der Waals surface area contributed by atoms with Crippen molar-refractivity contribution in [3.63, 3.8) is 0 Å². The van der Waals surface area contributed by atoms with Crippen molar-refractivity contribution in [2.75, 3.05) is 6.54 Å². The van der Waals surface area contributed by atoms with E-state index in [1.807, 2.05) is 0 Å². The molecule has 0 radical (unpaired) electrons. The molecule has 0 bridgehead atoms. The molecule has 0 amide bonds. The van der Waals surface area contributed by atoms with E-state index in [2.05, 4.69) is 9.98 Å². The lowest BCUT2D eigenvalue weighted by Crippen LogP contribution is -2.13. The second-order valence-electron chi connectivity index (χ2n) is 4.94. The molecule has 8 heteroatoms. The third kappa shape index (κ3) is 3.91. The van der Waals surface area contributed by atoms with Crippen LogP contribution in [0.1, 0.15) is 18.1 Å². The van der Waals surface area contributed by atoms with Gasteiger partial charge < -0.3 is 16.6 Å². The topological polar surface area (TPSA) is 97.0 Å². The molecule has 0 fully saturated rings. The van der Waals surface area contributed by atoms with Gasteiger partial charge in [-0.25, -0.2) is 4.99 Å². The van der Waals surface area contributed by atoms with E-state index in [1.54, 1.807) is 13.0 Å². The van der Waals surface area contributed by atoms with E-state index >= 15 is 0 Å². The largest absolute Gasteiger partial charge is 0.507 e. The lowest BCUT2D eigenvalue weighted by Gasteiger charge is -2.10. The molecule has 1 aliphatic rings. The number of phenols is 1. The molecule has 0 saturated carbocycles. The van der Waals surface area contributed by atoms with Gasteiger partial charge >= 0.3 is 6.18 Å². The number of benzene rings is 1. The minimum absolute atomic E-state index is 0.0837. The Morgan fingerprint density at radius 1 is 1.35 bits per heavy atom. The second-order valence-corrected chi connectivity index (χ2v) is 4.94. The van der Waals surface area contributed by atoms with Crippen LogP contribution in [0.2, 0.25) is 0 Å². The van der Waals surface area contributed by atoms with Crippen LogP contribution in [0.15, 0.2) is 51.7 Å². The predicted octanol–water partition coefficient (Wildman–Crippen LogP) is 2.32. The number of allylic oxidation sites excluding steroid dienone is 2. The Labute approximate surface area is 130 Å². The zero-order valence-electron chi connectivity index (χ0n) is 12.2. The van der Waals surface area contributed by atoms with Gasteiger partial charge in [-0.15, -0.1) is 0 Å². The highest BCUT2D eigenvalue weighted by molar-refractivity contribution is 6.17. The molecule has 0 atom stereocenters. The average Bonchev–Trinajstić information content (AvgIpc) is 2.60. The summed E-state index contributed by atoms with van der Waals surface area (Å²) in [6, 6.07) is 2.62. The summed E-state index contributed by atoms with van der Waals surface area (Å²) in [5, 5.41) is 9.89. The molecule has 5 N–H and O–H groups in total. The Morgan fingerprint density at radius 2 is 2.04 bits per heavy atom. The highest BCUT2D eigenvalue weighted by Gasteiger charge is 2.31. The number of rotatable bonds is 2. The van der Waals surface area contributed by atoms with Crippen LogP contribution in [0.3, 0.4) is 0 Å². The van der Waals surface area contributed by atoms with Gasteiger partial charge in [0.05, 0.1) is 29.1 Å². The van der Waals surface area contributed by atoms with Gasteiger partial charge in [0.2, 0.25) is 0 Å². The standard InChI is InChI=1S/C15H15F3N4O/c1-8(19)6-12-11(20)4-5-21-14(22-12)10-3-2-9(7-13(10)23)15(16,17)18/h2-4,6-7,23H,5,19-20H2,1H3/b8-6-. The summed E-state index contributed by atoms with van der Waals surface area (Å²) in [5.41, 5.74) is 11.7. The fraction of sp³-hybridized carbons (Fsp3) is 0.200. The Balaban J connectivity index is 2.48. The molecule has 1 aromatic rings. The maximum Gasteiger partial charge on any atom is 0.416 e. The lowest BCUT2D eigenvalue weighted by molar-refractivity contribution is -0.137. The van der Waals surface area contributed by atoms with Gasteiger partial charge in [-0.2, -0.15) is 13.2 Å².